The molecule has 0 aliphatic carbocycles. The summed E-state index contributed by atoms with van der Waals surface area (Å²) in [6, 6.07) is 7.87. The Morgan fingerprint density at radius 1 is 1.10 bits per heavy atom. The van der Waals surface area contributed by atoms with E-state index in [9.17, 15) is 9.59 Å². The topological polar surface area (TPSA) is 108 Å². The monoisotopic (exact) mass is 597 g/mol. The van der Waals surface area contributed by atoms with Crippen molar-refractivity contribution in [3.05, 3.63) is 80.1 Å². The Labute approximate surface area is 246 Å². The van der Waals surface area contributed by atoms with Crippen LogP contribution >= 0.6 is 23.2 Å². The van der Waals surface area contributed by atoms with Crippen molar-refractivity contribution in [3.8, 4) is 17.3 Å². The maximum absolute atomic E-state index is 14.2. The fraction of sp³-hybridized carbons (Fsp3) is 0.321. The molecule has 3 aromatic heterocycles. The Balaban J connectivity index is 1.80. The molecule has 1 amide bonds. The Bertz CT molecular complexity index is 1660. The number of methoxy groups -OCH3 is 2. The van der Waals surface area contributed by atoms with E-state index in [1.54, 1.807) is 48.5 Å². The fourth-order valence-electron chi connectivity index (χ4n) is 5.06. The van der Waals surface area contributed by atoms with Gasteiger partial charge in [0.05, 0.1) is 36.7 Å². The number of rotatable bonds is 8. The summed E-state index contributed by atoms with van der Waals surface area (Å²) in [5.74, 6) is 0.890. The smallest absolute Gasteiger partial charge is 0.279 e. The minimum Gasteiger partial charge on any atom is -0.480 e. The van der Waals surface area contributed by atoms with Gasteiger partial charge in [-0.2, -0.15) is 4.98 Å². The van der Waals surface area contributed by atoms with Gasteiger partial charge in [0, 0.05) is 45.7 Å². The molecular formula is C28H29Cl2N7O4. The second kappa shape index (κ2) is 11.2. The maximum Gasteiger partial charge on any atom is 0.279 e. The lowest BCUT2D eigenvalue weighted by Crippen LogP contribution is -2.32. The molecule has 1 aliphatic heterocycles. The molecule has 0 fully saturated rings. The molecule has 0 saturated heterocycles. The number of imidazole rings is 1. The van der Waals surface area contributed by atoms with Gasteiger partial charge in [-0.25, -0.2) is 9.97 Å². The molecule has 0 radical (unpaired) electrons. The van der Waals surface area contributed by atoms with Crippen LogP contribution in [0.1, 0.15) is 40.8 Å². The highest BCUT2D eigenvalue weighted by Crippen LogP contribution is 2.45. The molecule has 41 heavy (non-hydrogen) atoms. The zero-order valence-electron chi connectivity index (χ0n) is 23.4. The molecule has 0 bridgehead atoms. The zero-order valence-corrected chi connectivity index (χ0v) is 24.9. The fourth-order valence-corrected chi connectivity index (χ4v) is 5.43. The number of nitrogens with zero attached hydrogens (tertiary/aromatic N) is 7. The van der Waals surface area contributed by atoms with E-state index in [1.807, 2.05) is 37.7 Å². The average molecular weight is 598 g/mol. The molecule has 0 N–H and O–H groups in total. The summed E-state index contributed by atoms with van der Waals surface area (Å²) in [6.07, 6.45) is 3.22. The Kier molecular flexibility index (Phi) is 7.78. The molecule has 1 aromatic carbocycles. The second-order valence-corrected chi connectivity index (χ2v) is 10.8. The first-order valence-corrected chi connectivity index (χ1v) is 13.5. The molecule has 2 atom stereocenters. The van der Waals surface area contributed by atoms with Gasteiger partial charge in [-0.05, 0) is 30.7 Å². The van der Waals surface area contributed by atoms with E-state index >= 15 is 0 Å². The summed E-state index contributed by atoms with van der Waals surface area (Å²) >= 11 is 12.5. The van der Waals surface area contributed by atoms with Gasteiger partial charge in [-0.3, -0.25) is 14.5 Å². The third-order valence-corrected chi connectivity index (χ3v) is 7.42. The number of benzene rings is 1. The Hall–Kier alpha value is -3.93. The largest absolute Gasteiger partial charge is 0.480 e. The van der Waals surface area contributed by atoms with Gasteiger partial charge in [0.15, 0.2) is 5.69 Å². The highest BCUT2D eigenvalue weighted by molar-refractivity contribution is 6.31. The first-order valence-electron chi connectivity index (χ1n) is 12.7. The molecule has 0 spiro atoms. The van der Waals surface area contributed by atoms with E-state index < -0.39 is 6.04 Å². The quantitative estimate of drug-likeness (QED) is 0.294. The molecule has 5 rings (SSSR count). The van der Waals surface area contributed by atoms with E-state index in [0.29, 0.717) is 46.2 Å². The van der Waals surface area contributed by atoms with E-state index in [4.69, 9.17) is 37.7 Å². The van der Waals surface area contributed by atoms with Crippen molar-refractivity contribution in [2.24, 2.45) is 7.05 Å². The number of hydrogen-bond acceptors (Lipinski definition) is 8. The SMILES string of the molecule is COC[C@@H](C)n1c(-c2cnc(N(C)C)nc2OC)nc2c1[C@H](c1ccc(Cl)cc1)N(c1cc(Cl)c(=O)n(C)c1)C2=O. The van der Waals surface area contributed by atoms with Gasteiger partial charge in [-0.1, -0.05) is 35.3 Å². The van der Waals surface area contributed by atoms with E-state index in [1.165, 1.54) is 17.7 Å². The van der Waals surface area contributed by atoms with Crippen LogP contribution in [0.3, 0.4) is 0 Å². The van der Waals surface area contributed by atoms with Crippen molar-refractivity contribution in [3.63, 3.8) is 0 Å². The summed E-state index contributed by atoms with van der Waals surface area (Å²) in [5, 5.41) is 0.552. The second-order valence-electron chi connectivity index (χ2n) is 9.92. The van der Waals surface area contributed by atoms with Gasteiger partial charge in [-0.15, -0.1) is 0 Å². The zero-order chi connectivity index (χ0) is 29.6. The van der Waals surface area contributed by atoms with Crippen molar-refractivity contribution in [1.29, 1.82) is 0 Å². The number of aryl methyl sites for hydroxylation is 1. The number of hydrogen-bond donors (Lipinski definition) is 0. The summed E-state index contributed by atoms with van der Waals surface area (Å²) in [7, 11) is 8.39. The van der Waals surface area contributed by atoms with Crippen LogP contribution < -0.4 is 20.1 Å². The van der Waals surface area contributed by atoms with Crippen LogP contribution in [0.15, 0.2) is 47.5 Å². The summed E-state index contributed by atoms with van der Waals surface area (Å²) in [5.41, 5.74) is 2.27. The van der Waals surface area contributed by atoms with E-state index in [0.717, 1.165) is 5.56 Å². The lowest BCUT2D eigenvalue weighted by Gasteiger charge is -2.29. The third kappa shape index (κ3) is 4.94. The number of pyridine rings is 1. The molecule has 11 nitrogen and oxygen atoms in total. The number of amides is 1. The minimum atomic E-state index is -0.628. The Morgan fingerprint density at radius 3 is 2.41 bits per heavy atom. The van der Waals surface area contributed by atoms with Gasteiger partial charge in [0.1, 0.15) is 16.9 Å². The van der Waals surface area contributed by atoms with Crippen LogP contribution in [0.5, 0.6) is 5.88 Å². The van der Waals surface area contributed by atoms with Gasteiger partial charge >= 0.3 is 0 Å². The summed E-state index contributed by atoms with van der Waals surface area (Å²) < 4.78 is 14.5. The molecule has 13 heteroatoms. The van der Waals surface area contributed by atoms with Gasteiger partial charge < -0.3 is 23.5 Å². The van der Waals surface area contributed by atoms with E-state index in [-0.39, 0.29) is 28.2 Å². The normalized spacial score (nSPS) is 15.3. The van der Waals surface area contributed by atoms with Crippen LogP contribution in [-0.4, -0.2) is 64.9 Å². The number of carbonyl (C=O) groups is 1. The molecule has 4 heterocycles. The first kappa shape index (κ1) is 28.6. The Morgan fingerprint density at radius 2 is 1.80 bits per heavy atom. The molecule has 0 unspecified atom stereocenters. The predicted molar refractivity (Wildman–Crippen MR) is 158 cm³/mol. The summed E-state index contributed by atoms with van der Waals surface area (Å²) in [6.45, 7) is 2.31. The maximum atomic E-state index is 14.2. The molecule has 214 valence electrons. The number of fused-ring (bicyclic) bond motifs is 1. The molecule has 0 saturated carbocycles. The van der Waals surface area contributed by atoms with Crippen LogP contribution in [-0.2, 0) is 11.8 Å². The van der Waals surface area contributed by atoms with Crippen LogP contribution in [0.2, 0.25) is 10.0 Å². The van der Waals surface area contributed by atoms with Crippen molar-refractivity contribution < 1.29 is 14.3 Å². The van der Waals surface area contributed by atoms with E-state index in [2.05, 4.69) is 9.97 Å². The highest BCUT2D eigenvalue weighted by atomic mass is 35.5. The standard InChI is InChI=1S/C28H29Cl2N7O4/c1-15(14-40-5)36-23-21(32-24(36)19-12-31-28(34(2)3)33-25(19)41-6)27(39)37(18-11-20(30)26(38)35(4)13-18)22(23)16-7-9-17(29)10-8-16/h7-13,15,22H,14H2,1-6H3/t15-,22+/m1/s1. The number of carbonyl (C=O) groups excluding carboxylic acids is 1. The van der Waals surface area contributed by atoms with Crippen molar-refractivity contribution >= 4 is 40.7 Å². The number of ether oxygens (including phenoxy) is 2. The average Bonchev–Trinajstić information content (AvgIpc) is 3.46. The van der Waals surface area contributed by atoms with Crippen LogP contribution in [0.25, 0.3) is 11.4 Å². The van der Waals surface area contributed by atoms with Crippen molar-refractivity contribution in [2.75, 3.05) is 44.7 Å². The predicted octanol–water partition coefficient (Wildman–Crippen LogP) is 4.38. The van der Waals surface area contributed by atoms with Crippen LogP contribution in [0, 0.1) is 0 Å². The molecule has 1 aliphatic rings. The lowest BCUT2D eigenvalue weighted by molar-refractivity contribution is 0.0989. The lowest BCUT2D eigenvalue weighted by atomic mass is 10.0. The number of aromatic nitrogens is 5. The number of anilines is 2. The third-order valence-electron chi connectivity index (χ3n) is 6.90. The van der Waals surface area contributed by atoms with Crippen molar-refractivity contribution in [1.82, 2.24) is 24.1 Å². The van der Waals surface area contributed by atoms with Crippen LogP contribution in [0.4, 0.5) is 11.6 Å². The van der Waals surface area contributed by atoms with Gasteiger partial charge in [0.2, 0.25) is 11.8 Å². The number of halogens is 2. The first-order chi connectivity index (χ1) is 19.6. The molecular weight excluding hydrogens is 569 g/mol. The highest BCUT2D eigenvalue weighted by Gasteiger charge is 2.45. The summed E-state index contributed by atoms with van der Waals surface area (Å²) in [4.78, 5) is 43.9. The molecule has 4 aromatic rings. The van der Waals surface area contributed by atoms with Gasteiger partial charge in [0.25, 0.3) is 11.5 Å². The van der Waals surface area contributed by atoms with Crippen molar-refractivity contribution in [2.45, 2.75) is 19.0 Å². The minimum absolute atomic E-state index is 0.00335.